The van der Waals surface area contributed by atoms with E-state index in [1.165, 1.54) is 0 Å². The van der Waals surface area contributed by atoms with Gasteiger partial charge in [-0.25, -0.2) is 4.79 Å². The van der Waals surface area contributed by atoms with Crippen molar-refractivity contribution in [1.29, 1.82) is 0 Å². The Morgan fingerprint density at radius 2 is 1.92 bits per heavy atom. The van der Waals surface area contributed by atoms with E-state index in [0.29, 0.717) is 12.2 Å². The summed E-state index contributed by atoms with van der Waals surface area (Å²) < 4.78 is 6.26. The number of aliphatic imine (C=N–C) groups is 1. The molecule has 2 N–H and O–H groups in total. The van der Waals surface area contributed by atoms with Gasteiger partial charge in [-0.2, -0.15) is 0 Å². The first-order valence-electron chi connectivity index (χ1n) is 8.60. The summed E-state index contributed by atoms with van der Waals surface area (Å²) in [6, 6.07) is 5.70. The maximum Gasteiger partial charge on any atom is 0.410 e. The van der Waals surface area contributed by atoms with E-state index in [-0.39, 0.29) is 6.09 Å². The van der Waals surface area contributed by atoms with Crippen LogP contribution in [0.5, 0.6) is 0 Å². The van der Waals surface area contributed by atoms with Crippen LogP contribution in [0.25, 0.3) is 0 Å². The Hall–Kier alpha value is -1.56. The molecule has 25 heavy (non-hydrogen) atoms. The lowest BCUT2D eigenvalue weighted by Gasteiger charge is -2.24. The summed E-state index contributed by atoms with van der Waals surface area (Å²) in [6.07, 6.45) is 1.20. The third-order valence-corrected chi connectivity index (χ3v) is 3.88. The van der Waals surface area contributed by atoms with Gasteiger partial charge in [0.25, 0.3) is 0 Å². The van der Waals surface area contributed by atoms with Crippen LogP contribution in [0.2, 0.25) is 0 Å². The zero-order chi connectivity index (χ0) is 19.6. The highest BCUT2D eigenvalue weighted by Crippen LogP contribution is 2.25. The Labute approximate surface area is 160 Å². The van der Waals surface area contributed by atoms with Crippen molar-refractivity contribution in [2.75, 3.05) is 26.4 Å². The van der Waals surface area contributed by atoms with Crippen molar-refractivity contribution in [2.45, 2.75) is 53.1 Å². The minimum atomic E-state index is -0.481. The molecule has 1 amide bonds. The van der Waals surface area contributed by atoms with Crippen molar-refractivity contribution in [3.8, 4) is 0 Å². The van der Waals surface area contributed by atoms with E-state index < -0.39 is 5.60 Å². The number of amides is 1. The van der Waals surface area contributed by atoms with Crippen molar-refractivity contribution < 1.29 is 9.53 Å². The number of hydrogen-bond donors (Lipinski definition) is 1. The summed E-state index contributed by atoms with van der Waals surface area (Å²) in [5.74, 6) is 0. The molecule has 0 bridgehead atoms. The summed E-state index contributed by atoms with van der Waals surface area (Å²) in [5, 5.41) is 0. The number of ether oxygens (including phenoxy) is 1. The summed E-state index contributed by atoms with van der Waals surface area (Å²) in [5.41, 5.74) is 8.11. The summed E-state index contributed by atoms with van der Waals surface area (Å²) in [7, 11) is 3.50. The average Bonchev–Trinajstić information content (AvgIpc) is 2.53. The van der Waals surface area contributed by atoms with Crippen molar-refractivity contribution in [3.05, 3.63) is 28.2 Å². The van der Waals surface area contributed by atoms with Crippen LogP contribution in [-0.2, 0) is 4.74 Å². The molecule has 0 aromatic heterocycles. The molecule has 0 atom stereocenters. The van der Waals surface area contributed by atoms with Gasteiger partial charge in [0.2, 0.25) is 0 Å². The molecule has 0 aliphatic heterocycles. The van der Waals surface area contributed by atoms with Crippen LogP contribution in [-0.4, -0.2) is 42.9 Å². The maximum absolute atomic E-state index is 11.9. The fourth-order valence-corrected chi connectivity index (χ4v) is 2.72. The number of anilines is 1. The number of carbonyl (C=O) groups excluding carboxylic acids is 1. The van der Waals surface area contributed by atoms with Crippen molar-refractivity contribution in [1.82, 2.24) is 4.90 Å². The normalized spacial score (nSPS) is 11.4. The van der Waals surface area contributed by atoms with Gasteiger partial charge in [0, 0.05) is 42.1 Å². The molecule has 0 saturated heterocycles. The molecule has 0 unspecified atom stereocenters. The SMILES string of the molecule is CC.CN=C(CCCN(C)C(=O)OC(C)(C)C)c1c(N)cccc1Br. The van der Waals surface area contributed by atoms with Crippen molar-refractivity contribution in [2.24, 2.45) is 4.99 Å². The number of hydrogen-bond acceptors (Lipinski definition) is 4. The highest BCUT2D eigenvalue weighted by Gasteiger charge is 2.19. The zero-order valence-corrected chi connectivity index (χ0v) is 18.1. The molecular formula is C19H32BrN3O2. The quantitative estimate of drug-likeness (QED) is 0.537. The fourth-order valence-electron chi connectivity index (χ4n) is 2.11. The first kappa shape index (κ1) is 23.4. The topological polar surface area (TPSA) is 67.9 Å². The second-order valence-electron chi connectivity index (χ2n) is 6.38. The number of rotatable bonds is 5. The van der Waals surface area contributed by atoms with Gasteiger partial charge in [0.15, 0.2) is 0 Å². The van der Waals surface area contributed by atoms with Gasteiger partial charge < -0.3 is 15.4 Å². The van der Waals surface area contributed by atoms with Gasteiger partial charge in [0.05, 0.1) is 0 Å². The molecule has 6 heteroatoms. The second kappa shape index (κ2) is 11.1. The predicted octanol–water partition coefficient (Wildman–Crippen LogP) is 5.12. The van der Waals surface area contributed by atoms with Crippen LogP contribution >= 0.6 is 15.9 Å². The molecule has 0 radical (unpaired) electrons. The first-order valence-corrected chi connectivity index (χ1v) is 9.39. The molecule has 1 aromatic carbocycles. The molecule has 1 rings (SSSR count). The van der Waals surface area contributed by atoms with Gasteiger partial charge in [-0.05, 0) is 45.7 Å². The van der Waals surface area contributed by atoms with E-state index in [9.17, 15) is 4.79 Å². The molecular weight excluding hydrogens is 382 g/mol. The fraction of sp³-hybridized carbons (Fsp3) is 0.579. The van der Waals surface area contributed by atoms with Gasteiger partial charge in [-0.3, -0.25) is 4.99 Å². The van der Waals surface area contributed by atoms with Crippen LogP contribution in [0, 0.1) is 0 Å². The molecule has 0 spiro atoms. The zero-order valence-electron chi connectivity index (χ0n) is 16.5. The molecule has 0 heterocycles. The van der Waals surface area contributed by atoms with Gasteiger partial charge in [-0.15, -0.1) is 0 Å². The van der Waals surface area contributed by atoms with Gasteiger partial charge >= 0.3 is 6.09 Å². The Bertz CT molecular complexity index is 560. The number of nitrogens with zero attached hydrogens (tertiary/aromatic N) is 2. The third kappa shape index (κ3) is 8.38. The van der Waals surface area contributed by atoms with Crippen LogP contribution < -0.4 is 5.73 Å². The molecule has 0 aliphatic carbocycles. The average molecular weight is 414 g/mol. The van der Waals surface area contributed by atoms with Gasteiger partial charge in [0.1, 0.15) is 5.60 Å². The van der Waals surface area contributed by atoms with E-state index in [4.69, 9.17) is 10.5 Å². The number of nitrogen functional groups attached to an aromatic ring is 1. The largest absolute Gasteiger partial charge is 0.444 e. The lowest BCUT2D eigenvalue weighted by atomic mass is 10.0. The minimum Gasteiger partial charge on any atom is -0.444 e. The lowest BCUT2D eigenvalue weighted by Crippen LogP contribution is -2.34. The predicted molar refractivity (Wildman–Crippen MR) is 110 cm³/mol. The summed E-state index contributed by atoms with van der Waals surface area (Å²) in [6.45, 7) is 10.2. The van der Waals surface area contributed by atoms with E-state index in [0.717, 1.165) is 28.6 Å². The van der Waals surface area contributed by atoms with Gasteiger partial charge in [-0.1, -0.05) is 35.8 Å². The van der Waals surface area contributed by atoms with Crippen molar-refractivity contribution >= 4 is 33.4 Å². The molecule has 1 aromatic rings. The van der Waals surface area contributed by atoms with Crippen molar-refractivity contribution in [3.63, 3.8) is 0 Å². The molecule has 0 saturated carbocycles. The first-order chi connectivity index (χ1) is 11.7. The number of halogens is 1. The molecule has 5 nitrogen and oxygen atoms in total. The summed E-state index contributed by atoms with van der Waals surface area (Å²) in [4.78, 5) is 17.9. The second-order valence-corrected chi connectivity index (χ2v) is 7.23. The Morgan fingerprint density at radius 3 is 2.40 bits per heavy atom. The number of carbonyl (C=O) groups is 1. The van der Waals surface area contributed by atoms with Crippen LogP contribution in [0.3, 0.4) is 0 Å². The highest BCUT2D eigenvalue weighted by atomic mass is 79.9. The molecule has 142 valence electrons. The Balaban J connectivity index is 0.00000277. The van der Waals surface area contributed by atoms with Crippen LogP contribution in [0.15, 0.2) is 27.7 Å². The Morgan fingerprint density at radius 1 is 1.32 bits per heavy atom. The van der Waals surface area contributed by atoms with E-state index in [1.807, 2.05) is 52.8 Å². The third-order valence-electron chi connectivity index (χ3n) is 3.22. The summed E-state index contributed by atoms with van der Waals surface area (Å²) >= 11 is 3.52. The smallest absolute Gasteiger partial charge is 0.410 e. The lowest BCUT2D eigenvalue weighted by molar-refractivity contribution is 0.0298. The number of nitrogens with two attached hydrogens (primary N) is 1. The monoisotopic (exact) mass is 413 g/mol. The molecule has 0 aliphatic rings. The molecule has 0 fully saturated rings. The van der Waals surface area contributed by atoms with Crippen LogP contribution in [0.1, 0.15) is 53.0 Å². The Kier molecular flexibility index (Phi) is 10.4. The van der Waals surface area contributed by atoms with E-state index >= 15 is 0 Å². The minimum absolute atomic E-state index is 0.312. The number of benzene rings is 1. The van der Waals surface area contributed by atoms with Crippen LogP contribution in [0.4, 0.5) is 10.5 Å². The maximum atomic E-state index is 11.9. The highest BCUT2D eigenvalue weighted by molar-refractivity contribution is 9.10. The van der Waals surface area contributed by atoms with E-state index in [1.54, 1.807) is 19.0 Å². The standard InChI is InChI=1S/C17H26BrN3O2.C2H6/c1-17(2,3)23-16(22)21(5)11-7-10-14(20-4)15-12(18)8-6-9-13(15)19;1-2/h6,8-9H,7,10-11,19H2,1-5H3;1-2H3. The van der Waals surface area contributed by atoms with E-state index in [2.05, 4.69) is 20.9 Å².